The quantitative estimate of drug-likeness (QED) is 0.275. The summed E-state index contributed by atoms with van der Waals surface area (Å²) in [4.78, 5) is 4.45. The molecule has 0 N–H and O–H groups in total. The van der Waals surface area contributed by atoms with Gasteiger partial charge in [-0.2, -0.15) is 0 Å². The smallest absolute Gasteiger partial charge is 0.0306 e. The Morgan fingerprint density at radius 1 is 0.690 bits per heavy atom. The Morgan fingerprint density at radius 3 is 2.21 bits per heavy atom. The van der Waals surface area contributed by atoms with Gasteiger partial charge in [-0.1, -0.05) is 103 Å². The molecule has 0 aliphatic rings. The zero-order valence-corrected chi connectivity index (χ0v) is 19.3. The molecule has 1 unspecified atom stereocenters. The van der Waals surface area contributed by atoms with E-state index in [2.05, 4.69) is 62.3 Å². The number of pyridine rings is 1. The molecule has 1 heteroatoms. The number of aryl methyl sites for hydroxylation is 2. The van der Waals surface area contributed by atoms with Crippen LogP contribution < -0.4 is 0 Å². The molecule has 1 aromatic carbocycles. The fraction of sp³-hybridized carbons (Fsp3) is 0.607. The molecule has 2 rings (SSSR count). The average molecular weight is 394 g/mol. The number of hydrogen-bond donors (Lipinski definition) is 0. The lowest BCUT2D eigenvalue weighted by molar-refractivity contribution is 0.461. The molecule has 0 bridgehead atoms. The van der Waals surface area contributed by atoms with E-state index < -0.39 is 0 Å². The lowest BCUT2D eigenvalue weighted by Crippen LogP contribution is -1.98. The second-order valence-corrected chi connectivity index (χ2v) is 8.85. The summed E-state index contributed by atoms with van der Waals surface area (Å²) in [5, 5.41) is 0. The highest BCUT2D eigenvalue weighted by atomic mass is 14.6. The molecule has 1 heterocycles. The maximum absolute atomic E-state index is 4.45. The minimum Gasteiger partial charge on any atom is -0.264 e. The van der Waals surface area contributed by atoms with Crippen LogP contribution in [0.1, 0.15) is 103 Å². The molecule has 1 aromatic heterocycles. The van der Waals surface area contributed by atoms with Crippen molar-refractivity contribution in [1.29, 1.82) is 0 Å². The minimum atomic E-state index is 0.867. The van der Waals surface area contributed by atoms with Crippen molar-refractivity contribution in [2.45, 2.75) is 104 Å². The summed E-state index contributed by atoms with van der Waals surface area (Å²) in [5.41, 5.74) is 5.76. The van der Waals surface area contributed by atoms with Gasteiger partial charge in [0.15, 0.2) is 0 Å². The van der Waals surface area contributed by atoms with Crippen LogP contribution in [0.25, 0.3) is 11.1 Å². The highest BCUT2D eigenvalue weighted by molar-refractivity contribution is 5.70. The molecule has 0 aliphatic heterocycles. The number of nitrogens with zero attached hydrogens (tertiary/aromatic N) is 1. The molecule has 0 spiro atoms. The van der Waals surface area contributed by atoms with Crippen LogP contribution in [0.15, 0.2) is 42.7 Å². The lowest BCUT2D eigenvalue weighted by Gasteiger charge is -2.14. The zero-order valence-electron chi connectivity index (χ0n) is 19.3. The fourth-order valence-electron chi connectivity index (χ4n) is 4.43. The van der Waals surface area contributed by atoms with Crippen LogP contribution in [-0.4, -0.2) is 4.98 Å². The predicted octanol–water partition coefficient (Wildman–Crippen LogP) is 8.80. The monoisotopic (exact) mass is 393 g/mol. The van der Waals surface area contributed by atoms with Gasteiger partial charge in [0, 0.05) is 12.4 Å². The van der Waals surface area contributed by atoms with E-state index in [0.717, 1.165) is 12.3 Å². The first-order valence-corrected chi connectivity index (χ1v) is 12.3. The van der Waals surface area contributed by atoms with E-state index >= 15 is 0 Å². The van der Waals surface area contributed by atoms with Gasteiger partial charge in [-0.25, -0.2) is 0 Å². The second kappa shape index (κ2) is 14.4. The molecule has 29 heavy (non-hydrogen) atoms. The average Bonchev–Trinajstić information content (AvgIpc) is 2.74. The van der Waals surface area contributed by atoms with E-state index in [1.165, 1.54) is 99.3 Å². The van der Waals surface area contributed by atoms with Crippen molar-refractivity contribution in [3.8, 4) is 11.1 Å². The maximum atomic E-state index is 4.45. The van der Waals surface area contributed by atoms with Gasteiger partial charge in [-0.15, -0.1) is 0 Å². The third-order valence-corrected chi connectivity index (χ3v) is 6.19. The summed E-state index contributed by atoms with van der Waals surface area (Å²) >= 11 is 0. The van der Waals surface area contributed by atoms with Crippen LogP contribution >= 0.6 is 0 Å². The zero-order chi connectivity index (χ0) is 20.7. The lowest BCUT2D eigenvalue weighted by atomic mass is 9.91. The van der Waals surface area contributed by atoms with Crippen molar-refractivity contribution in [2.75, 3.05) is 0 Å². The van der Waals surface area contributed by atoms with Crippen molar-refractivity contribution < 1.29 is 0 Å². The summed E-state index contributed by atoms with van der Waals surface area (Å²) in [6, 6.07) is 11.3. The highest BCUT2D eigenvalue weighted by Gasteiger charge is 2.10. The molecular weight excluding hydrogens is 350 g/mol. The van der Waals surface area contributed by atoms with E-state index in [4.69, 9.17) is 0 Å². The predicted molar refractivity (Wildman–Crippen MR) is 128 cm³/mol. The van der Waals surface area contributed by atoms with Crippen LogP contribution in [0.5, 0.6) is 0 Å². The van der Waals surface area contributed by atoms with Gasteiger partial charge in [0.25, 0.3) is 0 Å². The van der Waals surface area contributed by atoms with Crippen LogP contribution in [0, 0.1) is 5.92 Å². The van der Waals surface area contributed by atoms with Gasteiger partial charge in [-0.3, -0.25) is 4.98 Å². The Bertz CT molecular complexity index is 676. The van der Waals surface area contributed by atoms with Gasteiger partial charge in [0.2, 0.25) is 0 Å². The molecule has 0 radical (unpaired) electrons. The Labute approximate surface area is 180 Å². The summed E-state index contributed by atoms with van der Waals surface area (Å²) < 4.78 is 0. The summed E-state index contributed by atoms with van der Waals surface area (Å²) in [6.45, 7) is 6.98. The number of hydrogen-bond acceptors (Lipinski definition) is 1. The molecular formula is C28H43N. The normalized spacial score (nSPS) is 12.2. The molecule has 0 fully saturated rings. The van der Waals surface area contributed by atoms with Crippen LogP contribution in [0.3, 0.4) is 0 Å². The van der Waals surface area contributed by atoms with E-state index in [1.807, 2.05) is 6.20 Å². The number of unbranched alkanes of at least 4 members (excludes halogenated alkanes) is 6. The largest absolute Gasteiger partial charge is 0.264 e. The minimum absolute atomic E-state index is 0.867. The summed E-state index contributed by atoms with van der Waals surface area (Å²) in [7, 11) is 0. The Balaban J connectivity index is 1.96. The third-order valence-electron chi connectivity index (χ3n) is 6.19. The van der Waals surface area contributed by atoms with E-state index in [9.17, 15) is 0 Å². The van der Waals surface area contributed by atoms with Crippen molar-refractivity contribution in [3.63, 3.8) is 0 Å². The topological polar surface area (TPSA) is 12.9 Å². The second-order valence-electron chi connectivity index (χ2n) is 8.85. The first-order valence-electron chi connectivity index (χ1n) is 12.3. The van der Waals surface area contributed by atoms with Crippen LogP contribution in [0.2, 0.25) is 0 Å². The van der Waals surface area contributed by atoms with Crippen LogP contribution in [0.4, 0.5) is 0 Å². The third kappa shape index (κ3) is 8.72. The van der Waals surface area contributed by atoms with Crippen molar-refractivity contribution >= 4 is 0 Å². The van der Waals surface area contributed by atoms with Crippen molar-refractivity contribution in [3.05, 3.63) is 53.9 Å². The number of rotatable bonds is 15. The van der Waals surface area contributed by atoms with Gasteiger partial charge >= 0.3 is 0 Å². The van der Waals surface area contributed by atoms with E-state index in [0.29, 0.717) is 0 Å². The molecule has 160 valence electrons. The van der Waals surface area contributed by atoms with Gasteiger partial charge in [0.05, 0.1) is 0 Å². The van der Waals surface area contributed by atoms with Crippen molar-refractivity contribution in [1.82, 2.24) is 4.98 Å². The van der Waals surface area contributed by atoms with E-state index in [1.54, 1.807) is 0 Å². The molecule has 0 aliphatic carbocycles. The number of benzene rings is 1. The Kier molecular flexibility index (Phi) is 11.7. The van der Waals surface area contributed by atoms with Gasteiger partial charge < -0.3 is 0 Å². The summed E-state index contributed by atoms with van der Waals surface area (Å²) in [6.07, 6.45) is 21.2. The molecule has 0 saturated carbocycles. The fourth-order valence-corrected chi connectivity index (χ4v) is 4.43. The van der Waals surface area contributed by atoms with Crippen LogP contribution in [-0.2, 0) is 12.8 Å². The number of aromatic nitrogens is 1. The van der Waals surface area contributed by atoms with Gasteiger partial charge in [0.1, 0.15) is 0 Å². The molecule has 0 saturated heterocycles. The highest BCUT2D eigenvalue weighted by Crippen LogP contribution is 2.29. The Hall–Kier alpha value is -1.63. The van der Waals surface area contributed by atoms with E-state index in [-0.39, 0.29) is 0 Å². The molecule has 1 nitrogen and oxygen atoms in total. The first kappa shape index (κ1) is 23.6. The molecule has 1 atom stereocenters. The van der Waals surface area contributed by atoms with Gasteiger partial charge in [-0.05, 0) is 59.9 Å². The SMILES string of the molecule is CCCCCCCCc1ccccc1-c1ccncc1CCCCC(C)CCC. The van der Waals surface area contributed by atoms with Crippen molar-refractivity contribution in [2.24, 2.45) is 5.92 Å². The first-order chi connectivity index (χ1) is 14.3. The molecule has 0 amide bonds. The Morgan fingerprint density at radius 2 is 1.38 bits per heavy atom. The summed E-state index contributed by atoms with van der Waals surface area (Å²) in [5.74, 6) is 0.867. The maximum Gasteiger partial charge on any atom is 0.0306 e. The standard InChI is InChI=1S/C28H43N/c1-4-6-7-8-9-10-17-25-18-13-14-20-27(25)28-21-22-29-23-26(28)19-12-11-16-24(3)15-5-2/h13-14,18,20-24H,4-12,15-17,19H2,1-3H3. The molecule has 2 aromatic rings.